The van der Waals surface area contributed by atoms with E-state index in [-0.39, 0.29) is 24.1 Å². The molecule has 0 aliphatic rings. The van der Waals surface area contributed by atoms with Crippen LogP contribution >= 0.6 is 0 Å². The number of aromatic nitrogens is 2. The Bertz CT molecular complexity index is 1250. The zero-order chi connectivity index (χ0) is 22.3. The molecule has 0 aliphatic heterocycles. The van der Waals surface area contributed by atoms with Gasteiger partial charge in [-0.25, -0.2) is 4.68 Å². The van der Waals surface area contributed by atoms with Gasteiger partial charge in [-0.15, -0.1) is 0 Å². The zero-order valence-corrected chi connectivity index (χ0v) is 18.2. The monoisotopic (exact) mass is 425 g/mol. The van der Waals surface area contributed by atoms with E-state index >= 15 is 0 Å². The van der Waals surface area contributed by atoms with Crippen molar-refractivity contribution in [2.24, 2.45) is 0 Å². The van der Waals surface area contributed by atoms with Gasteiger partial charge in [-0.05, 0) is 43.4 Å². The van der Waals surface area contributed by atoms with Crippen LogP contribution in [-0.2, 0) is 17.8 Å². The summed E-state index contributed by atoms with van der Waals surface area (Å²) in [5.74, 6) is -0.220. The fourth-order valence-corrected chi connectivity index (χ4v) is 4.05. The summed E-state index contributed by atoms with van der Waals surface area (Å²) in [6.07, 6.45) is 2.70. The molecule has 5 heteroatoms. The van der Waals surface area contributed by atoms with E-state index in [2.05, 4.69) is 22.5 Å². The van der Waals surface area contributed by atoms with Gasteiger partial charge in [-0.2, -0.15) is 5.10 Å². The Morgan fingerprint density at radius 2 is 1.53 bits per heavy atom. The molecule has 0 saturated heterocycles. The van der Waals surface area contributed by atoms with Gasteiger partial charge in [0.1, 0.15) is 6.54 Å². The molecule has 4 aromatic rings. The molecule has 0 saturated carbocycles. The quantitative estimate of drug-likeness (QED) is 0.449. The van der Waals surface area contributed by atoms with Crippen LogP contribution in [0.15, 0.2) is 89.7 Å². The van der Waals surface area contributed by atoms with Gasteiger partial charge in [-0.1, -0.05) is 78.9 Å². The van der Waals surface area contributed by atoms with Crippen LogP contribution in [0.3, 0.4) is 0 Å². The summed E-state index contributed by atoms with van der Waals surface area (Å²) in [5.41, 5.74) is 2.83. The molecule has 1 aromatic heterocycles. The van der Waals surface area contributed by atoms with E-state index in [1.807, 2.05) is 73.7 Å². The number of carbonyl (C=O) groups excluding carboxylic acids is 1. The van der Waals surface area contributed by atoms with Crippen LogP contribution in [0.25, 0.3) is 10.8 Å². The standard InChI is InChI=1S/C27H27N3O2/c1-20-23-16-8-9-17-24(23)27(32)30(29-20)19-26(31)28-25(22-14-6-3-7-15-22)18-10-13-21-11-4-2-5-12-21/h2-9,11-12,14-17,25H,10,13,18-19H2,1H3,(H,28,31). The highest BCUT2D eigenvalue weighted by molar-refractivity contribution is 5.83. The van der Waals surface area contributed by atoms with Crippen molar-refractivity contribution in [3.63, 3.8) is 0 Å². The maximum Gasteiger partial charge on any atom is 0.275 e. The van der Waals surface area contributed by atoms with Crippen molar-refractivity contribution in [2.75, 3.05) is 0 Å². The number of nitrogens with one attached hydrogen (secondary N) is 1. The zero-order valence-electron chi connectivity index (χ0n) is 18.2. The van der Waals surface area contributed by atoms with Gasteiger partial charge in [0.25, 0.3) is 5.56 Å². The topological polar surface area (TPSA) is 64.0 Å². The Balaban J connectivity index is 1.48. The Morgan fingerprint density at radius 3 is 2.25 bits per heavy atom. The number of amides is 1. The largest absolute Gasteiger partial charge is 0.348 e. The van der Waals surface area contributed by atoms with Crippen molar-refractivity contribution in [1.29, 1.82) is 0 Å². The minimum atomic E-state index is -0.248. The lowest BCUT2D eigenvalue weighted by Gasteiger charge is -2.20. The second-order valence-corrected chi connectivity index (χ2v) is 8.00. The number of rotatable bonds is 8. The highest BCUT2D eigenvalue weighted by Crippen LogP contribution is 2.20. The summed E-state index contributed by atoms with van der Waals surface area (Å²) in [6, 6.07) is 27.6. The first kappa shape index (κ1) is 21.5. The van der Waals surface area contributed by atoms with Gasteiger partial charge in [0.15, 0.2) is 0 Å². The molecular formula is C27H27N3O2. The molecule has 3 aromatic carbocycles. The first-order valence-electron chi connectivity index (χ1n) is 11.0. The molecule has 1 unspecified atom stereocenters. The summed E-state index contributed by atoms with van der Waals surface area (Å²) >= 11 is 0. The molecule has 0 radical (unpaired) electrons. The molecular weight excluding hydrogens is 398 g/mol. The number of aryl methyl sites for hydroxylation is 2. The number of fused-ring (bicyclic) bond motifs is 1. The van der Waals surface area contributed by atoms with Crippen LogP contribution in [0.5, 0.6) is 0 Å². The molecule has 0 spiro atoms. The Hall–Kier alpha value is -3.73. The molecule has 5 nitrogen and oxygen atoms in total. The number of benzene rings is 3. The summed E-state index contributed by atoms with van der Waals surface area (Å²) < 4.78 is 1.26. The fraction of sp³-hybridized carbons (Fsp3) is 0.222. The molecule has 1 N–H and O–H groups in total. The van der Waals surface area contributed by atoms with Gasteiger partial charge >= 0.3 is 0 Å². The van der Waals surface area contributed by atoms with Crippen molar-refractivity contribution >= 4 is 16.7 Å². The van der Waals surface area contributed by atoms with E-state index in [9.17, 15) is 9.59 Å². The third-order valence-corrected chi connectivity index (χ3v) is 5.68. The third-order valence-electron chi connectivity index (χ3n) is 5.68. The van der Waals surface area contributed by atoms with Crippen LogP contribution in [0, 0.1) is 6.92 Å². The fourth-order valence-electron chi connectivity index (χ4n) is 4.05. The molecule has 0 fully saturated rings. The summed E-state index contributed by atoms with van der Waals surface area (Å²) in [5, 5.41) is 8.89. The van der Waals surface area contributed by atoms with Crippen LogP contribution in [0.2, 0.25) is 0 Å². The predicted octanol–water partition coefficient (Wildman–Crippen LogP) is 4.59. The molecule has 1 amide bonds. The van der Waals surface area contributed by atoms with E-state index in [0.29, 0.717) is 5.39 Å². The second-order valence-electron chi connectivity index (χ2n) is 8.00. The van der Waals surface area contributed by atoms with Gasteiger partial charge in [0, 0.05) is 5.39 Å². The summed E-state index contributed by atoms with van der Waals surface area (Å²) in [4.78, 5) is 25.7. The van der Waals surface area contributed by atoms with Crippen molar-refractivity contribution in [1.82, 2.24) is 15.1 Å². The molecule has 0 bridgehead atoms. The number of carbonyl (C=O) groups is 1. The lowest BCUT2D eigenvalue weighted by molar-refractivity contribution is -0.122. The van der Waals surface area contributed by atoms with Crippen molar-refractivity contribution in [2.45, 2.75) is 38.8 Å². The number of hydrogen-bond acceptors (Lipinski definition) is 3. The first-order chi connectivity index (χ1) is 15.6. The minimum Gasteiger partial charge on any atom is -0.348 e. The van der Waals surface area contributed by atoms with Crippen LogP contribution in [-0.4, -0.2) is 15.7 Å². The average Bonchev–Trinajstić information content (AvgIpc) is 2.83. The van der Waals surface area contributed by atoms with E-state index in [0.717, 1.165) is 35.9 Å². The van der Waals surface area contributed by atoms with Crippen molar-refractivity contribution < 1.29 is 4.79 Å². The first-order valence-corrected chi connectivity index (χ1v) is 11.0. The average molecular weight is 426 g/mol. The predicted molar refractivity (Wildman–Crippen MR) is 127 cm³/mol. The summed E-state index contributed by atoms with van der Waals surface area (Å²) in [7, 11) is 0. The molecule has 1 atom stereocenters. The molecule has 1 heterocycles. The Morgan fingerprint density at radius 1 is 0.906 bits per heavy atom. The van der Waals surface area contributed by atoms with Crippen molar-refractivity contribution in [3.8, 4) is 0 Å². The lowest BCUT2D eigenvalue weighted by Crippen LogP contribution is -2.36. The highest BCUT2D eigenvalue weighted by atomic mass is 16.2. The van der Waals surface area contributed by atoms with E-state index < -0.39 is 0 Å². The van der Waals surface area contributed by atoms with Gasteiger partial charge in [0.2, 0.25) is 5.91 Å². The number of nitrogens with zero attached hydrogens (tertiary/aromatic N) is 2. The molecule has 0 aliphatic carbocycles. The SMILES string of the molecule is Cc1nn(CC(=O)NC(CCCc2ccccc2)c2ccccc2)c(=O)c2ccccc12. The van der Waals surface area contributed by atoms with Crippen LogP contribution < -0.4 is 10.9 Å². The molecule has 162 valence electrons. The lowest BCUT2D eigenvalue weighted by atomic mass is 9.99. The molecule has 32 heavy (non-hydrogen) atoms. The van der Waals surface area contributed by atoms with Crippen LogP contribution in [0.4, 0.5) is 0 Å². The van der Waals surface area contributed by atoms with E-state index in [1.165, 1.54) is 10.2 Å². The highest BCUT2D eigenvalue weighted by Gasteiger charge is 2.16. The second kappa shape index (κ2) is 10.1. The molecule has 4 rings (SSSR count). The third kappa shape index (κ3) is 5.11. The van der Waals surface area contributed by atoms with Gasteiger partial charge in [0.05, 0.1) is 17.1 Å². The van der Waals surface area contributed by atoms with Gasteiger partial charge < -0.3 is 5.32 Å². The van der Waals surface area contributed by atoms with Crippen LogP contribution in [0.1, 0.15) is 35.7 Å². The maximum atomic E-state index is 12.9. The number of hydrogen-bond donors (Lipinski definition) is 1. The van der Waals surface area contributed by atoms with E-state index in [4.69, 9.17) is 0 Å². The van der Waals surface area contributed by atoms with Crippen molar-refractivity contribution in [3.05, 3.63) is 112 Å². The Kier molecular flexibility index (Phi) is 6.75. The minimum absolute atomic E-state index is 0.105. The Labute approximate surface area is 187 Å². The van der Waals surface area contributed by atoms with E-state index in [1.54, 1.807) is 6.07 Å². The normalized spacial score (nSPS) is 11.9. The smallest absolute Gasteiger partial charge is 0.275 e. The maximum absolute atomic E-state index is 12.9. The van der Waals surface area contributed by atoms with Gasteiger partial charge in [-0.3, -0.25) is 9.59 Å². The summed E-state index contributed by atoms with van der Waals surface area (Å²) in [6.45, 7) is 1.75.